The van der Waals surface area contributed by atoms with Crippen molar-refractivity contribution in [2.75, 3.05) is 7.11 Å². The number of esters is 1. The van der Waals surface area contributed by atoms with Gasteiger partial charge in [0.15, 0.2) is 5.15 Å². The number of nitrogens with one attached hydrogen (secondary N) is 1. The molecule has 0 radical (unpaired) electrons. The van der Waals surface area contributed by atoms with Gasteiger partial charge in [-0.15, -0.1) is 0 Å². The highest BCUT2D eigenvalue weighted by atomic mass is 35.5. The third-order valence-corrected chi connectivity index (χ3v) is 5.26. The van der Waals surface area contributed by atoms with E-state index in [4.69, 9.17) is 16.3 Å². The van der Waals surface area contributed by atoms with Crippen molar-refractivity contribution < 1.29 is 23.1 Å². The third kappa shape index (κ3) is 4.38. The summed E-state index contributed by atoms with van der Waals surface area (Å²) in [6.07, 6.45) is -0.232. The molecule has 6 nitrogen and oxygen atoms in total. The quantitative estimate of drug-likeness (QED) is 0.773. The van der Waals surface area contributed by atoms with Gasteiger partial charge in [-0.2, -0.15) is 0 Å². The number of aryl methyl sites for hydroxylation is 1. The van der Waals surface area contributed by atoms with Gasteiger partial charge in [0.1, 0.15) is 0 Å². The Kier molecular flexibility index (Phi) is 5.79. The second-order valence-corrected chi connectivity index (χ2v) is 7.31. The van der Waals surface area contributed by atoms with Gasteiger partial charge in [0.2, 0.25) is 11.8 Å². The van der Waals surface area contributed by atoms with E-state index in [2.05, 4.69) is 15.3 Å². The van der Waals surface area contributed by atoms with Gasteiger partial charge in [-0.05, 0) is 37.5 Å². The average molecular weight is 412 g/mol. The van der Waals surface area contributed by atoms with E-state index in [1.807, 2.05) is 0 Å². The largest absolute Gasteiger partial charge is 0.465 e. The minimum atomic E-state index is -2.68. The number of methoxy groups -OCH3 is 1. The highest BCUT2D eigenvalue weighted by Crippen LogP contribution is 2.36. The Bertz CT molecular complexity index is 926. The molecule has 0 aliphatic heterocycles. The molecule has 0 atom stereocenters. The zero-order chi connectivity index (χ0) is 20.5. The van der Waals surface area contributed by atoms with E-state index in [0.717, 1.165) is 0 Å². The molecular formula is C19H20ClF2N3O3. The number of ether oxygens (including phenoxy) is 1. The molecule has 1 aromatic heterocycles. The predicted molar refractivity (Wildman–Crippen MR) is 99.4 cm³/mol. The van der Waals surface area contributed by atoms with Crippen LogP contribution in [0, 0.1) is 12.8 Å². The molecule has 1 N–H and O–H groups in total. The minimum absolute atomic E-state index is 0.0469. The first-order valence-electron chi connectivity index (χ1n) is 8.91. The zero-order valence-corrected chi connectivity index (χ0v) is 16.3. The molecule has 1 heterocycles. The van der Waals surface area contributed by atoms with Gasteiger partial charge in [0.25, 0.3) is 0 Å². The highest BCUT2D eigenvalue weighted by Gasteiger charge is 2.37. The molecule has 1 fully saturated rings. The number of benzene rings is 1. The number of nitrogens with zero attached hydrogens (tertiary/aromatic N) is 2. The molecule has 2 aromatic rings. The van der Waals surface area contributed by atoms with E-state index < -0.39 is 17.8 Å². The second-order valence-electron chi connectivity index (χ2n) is 6.96. The predicted octanol–water partition coefficient (Wildman–Crippen LogP) is 3.82. The number of alkyl halides is 2. The summed E-state index contributed by atoms with van der Waals surface area (Å²) in [6, 6.07) is 3.25. The van der Waals surface area contributed by atoms with Gasteiger partial charge in [0.05, 0.1) is 35.9 Å². The van der Waals surface area contributed by atoms with Crippen LogP contribution in [0.15, 0.2) is 12.1 Å². The summed E-state index contributed by atoms with van der Waals surface area (Å²) in [5.41, 5.74) is 2.37. The summed E-state index contributed by atoms with van der Waals surface area (Å²) < 4.78 is 31.2. The lowest BCUT2D eigenvalue weighted by Crippen LogP contribution is -2.35. The van der Waals surface area contributed by atoms with Crippen molar-refractivity contribution in [1.82, 2.24) is 15.3 Å². The summed E-state index contributed by atoms with van der Waals surface area (Å²) in [6.45, 7) is 1.80. The normalized spacial score (nSPS) is 16.8. The lowest BCUT2D eigenvalue weighted by Gasteiger charge is -2.27. The van der Waals surface area contributed by atoms with Crippen molar-refractivity contribution in [3.05, 3.63) is 34.1 Å². The number of aromatic nitrogens is 2. The van der Waals surface area contributed by atoms with Crippen LogP contribution >= 0.6 is 11.6 Å². The van der Waals surface area contributed by atoms with Crippen LogP contribution < -0.4 is 5.32 Å². The van der Waals surface area contributed by atoms with Crippen LogP contribution in [-0.2, 0) is 16.1 Å². The molecule has 3 rings (SSSR count). The molecule has 0 bridgehead atoms. The van der Waals surface area contributed by atoms with E-state index in [9.17, 15) is 18.4 Å². The van der Waals surface area contributed by atoms with Crippen LogP contribution in [0.5, 0.6) is 0 Å². The van der Waals surface area contributed by atoms with E-state index >= 15 is 0 Å². The number of rotatable bonds is 4. The lowest BCUT2D eigenvalue weighted by molar-refractivity contribution is -0.129. The number of carbonyl (C=O) groups excluding carboxylic acids is 2. The van der Waals surface area contributed by atoms with Gasteiger partial charge < -0.3 is 10.1 Å². The standard InChI is InChI=1S/C19H20ClF2N3O3/c1-10-7-13-14(8-12(10)18(27)28-2)25-16(20)15(24-13)9-23-17(26)11-3-5-19(21,22)6-4-11/h7-8,11H,3-6,9H2,1-2H3,(H,23,26). The average Bonchev–Trinajstić information content (AvgIpc) is 2.65. The monoisotopic (exact) mass is 411 g/mol. The minimum Gasteiger partial charge on any atom is -0.465 e. The van der Waals surface area contributed by atoms with E-state index in [-0.39, 0.29) is 43.3 Å². The SMILES string of the molecule is COC(=O)c1cc2nc(Cl)c(CNC(=O)C3CCC(F)(F)CC3)nc2cc1C. The zero-order valence-electron chi connectivity index (χ0n) is 15.5. The fraction of sp³-hybridized carbons (Fsp3) is 0.474. The van der Waals surface area contributed by atoms with Gasteiger partial charge in [-0.3, -0.25) is 4.79 Å². The Morgan fingerprint density at radius 2 is 1.89 bits per heavy atom. The summed E-state index contributed by atoms with van der Waals surface area (Å²) >= 11 is 6.18. The Labute approximate surface area is 165 Å². The Hall–Kier alpha value is -2.35. The van der Waals surface area contributed by atoms with Crippen molar-refractivity contribution in [3.63, 3.8) is 0 Å². The Balaban J connectivity index is 1.74. The van der Waals surface area contributed by atoms with Crippen LogP contribution in [0.3, 0.4) is 0 Å². The highest BCUT2D eigenvalue weighted by molar-refractivity contribution is 6.30. The van der Waals surface area contributed by atoms with Crippen molar-refractivity contribution in [2.45, 2.75) is 45.1 Å². The number of amides is 1. The molecule has 1 aromatic carbocycles. The van der Waals surface area contributed by atoms with Crippen molar-refractivity contribution in [1.29, 1.82) is 0 Å². The number of hydrogen-bond acceptors (Lipinski definition) is 5. The summed E-state index contributed by atoms with van der Waals surface area (Å²) in [5.74, 6) is -3.88. The lowest BCUT2D eigenvalue weighted by atomic mass is 9.86. The second kappa shape index (κ2) is 7.95. The molecule has 0 spiro atoms. The molecule has 150 valence electrons. The molecule has 0 unspecified atom stereocenters. The van der Waals surface area contributed by atoms with Crippen LogP contribution in [0.2, 0.25) is 5.15 Å². The first-order chi connectivity index (χ1) is 13.2. The van der Waals surface area contributed by atoms with Gasteiger partial charge >= 0.3 is 5.97 Å². The molecule has 1 aliphatic rings. The maximum Gasteiger partial charge on any atom is 0.338 e. The van der Waals surface area contributed by atoms with Crippen LogP contribution in [0.4, 0.5) is 8.78 Å². The number of fused-ring (bicyclic) bond motifs is 1. The number of carbonyl (C=O) groups is 2. The first kappa shape index (κ1) is 20.4. The van der Waals surface area contributed by atoms with Crippen LogP contribution in [0.25, 0.3) is 11.0 Å². The van der Waals surface area contributed by atoms with E-state index in [0.29, 0.717) is 27.9 Å². The Morgan fingerprint density at radius 3 is 2.54 bits per heavy atom. The molecule has 1 aliphatic carbocycles. The van der Waals surface area contributed by atoms with Gasteiger partial charge in [-0.25, -0.2) is 23.5 Å². The fourth-order valence-electron chi connectivity index (χ4n) is 3.28. The summed E-state index contributed by atoms with van der Waals surface area (Å²) in [7, 11) is 1.30. The molecule has 0 saturated heterocycles. The van der Waals surface area contributed by atoms with Crippen LogP contribution in [0.1, 0.15) is 47.3 Å². The summed E-state index contributed by atoms with van der Waals surface area (Å²) in [5, 5.41) is 2.81. The smallest absolute Gasteiger partial charge is 0.338 e. The van der Waals surface area contributed by atoms with Crippen molar-refractivity contribution in [2.24, 2.45) is 5.92 Å². The van der Waals surface area contributed by atoms with E-state index in [1.165, 1.54) is 7.11 Å². The molecule has 1 saturated carbocycles. The summed E-state index contributed by atoms with van der Waals surface area (Å²) in [4.78, 5) is 32.7. The third-order valence-electron chi connectivity index (χ3n) is 4.96. The van der Waals surface area contributed by atoms with Crippen molar-refractivity contribution >= 4 is 34.5 Å². The maximum absolute atomic E-state index is 13.2. The van der Waals surface area contributed by atoms with Crippen molar-refractivity contribution in [3.8, 4) is 0 Å². The topological polar surface area (TPSA) is 81.2 Å². The fourth-order valence-corrected chi connectivity index (χ4v) is 3.48. The molecule has 28 heavy (non-hydrogen) atoms. The molecule has 1 amide bonds. The Morgan fingerprint density at radius 1 is 1.25 bits per heavy atom. The van der Waals surface area contributed by atoms with Gasteiger partial charge in [0, 0.05) is 18.8 Å². The van der Waals surface area contributed by atoms with Crippen LogP contribution in [-0.4, -0.2) is 34.9 Å². The molecular weight excluding hydrogens is 392 g/mol. The molecule has 9 heteroatoms. The maximum atomic E-state index is 13.2. The van der Waals surface area contributed by atoms with Gasteiger partial charge in [-0.1, -0.05) is 11.6 Å². The number of hydrogen-bond donors (Lipinski definition) is 1. The first-order valence-corrected chi connectivity index (χ1v) is 9.28. The number of halogens is 3. The van der Waals surface area contributed by atoms with E-state index in [1.54, 1.807) is 19.1 Å².